The average Bonchev–Trinajstić information content (AvgIpc) is 2.40. The van der Waals surface area contributed by atoms with Crippen LogP contribution in [-0.2, 0) is 0 Å². The fraction of sp³-hybridized carbons (Fsp3) is 0.278. The molecule has 0 amide bonds. The molecule has 0 bridgehead atoms. The molecular weight excluding hydrogens is 251 g/mol. The first-order chi connectivity index (χ1) is 9.00. The van der Waals surface area contributed by atoms with Crippen LogP contribution in [0.3, 0.4) is 0 Å². The first-order valence-corrected chi connectivity index (χ1v) is 8.75. The Morgan fingerprint density at radius 3 is 1.45 bits per heavy atom. The van der Waals surface area contributed by atoms with Crippen LogP contribution in [-0.4, -0.2) is 8.80 Å². The van der Waals surface area contributed by atoms with E-state index < -0.39 is 8.80 Å². The molecule has 2 aromatic carbocycles. The number of benzene rings is 2. The maximum atomic E-state index is 4.52. The fourth-order valence-corrected chi connectivity index (χ4v) is 6.07. The van der Waals surface area contributed by atoms with E-state index in [2.05, 4.69) is 88.4 Å². The Hall–Kier alpha value is -0.746. The Kier molecular flexibility index (Phi) is 6.33. The van der Waals surface area contributed by atoms with E-state index in [1.54, 1.807) is 0 Å². The van der Waals surface area contributed by atoms with Crippen molar-refractivity contribution < 1.29 is 18.9 Å². The van der Waals surface area contributed by atoms with Crippen molar-refractivity contribution in [3.8, 4) is 0 Å². The molecular formula is C18H23LiSi. The third-order valence-electron chi connectivity index (χ3n) is 3.83. The molecule has 0 aromatic heterocycles. The van der Waals surface area contributed by atoms with E-state index in [-0.39, 0.29) is 24.3 Å². The minimum absolute atomic E-state index is 0. The summed E-state index contributed by atoms with van der Waals surface area (Å²) >= 11 is 0. The molecule has 0 aliphatic rings. The number of rotatable bonds is 3. The Morgan fingerprint density at radius 2 is 1.15 bits per heavy atom. The molecule has 0 aliphatic heterocycles. The molecule has 20 heavy (non-hydrogen) atoms. The predicted octanol–water partition coefficient (Wildman–Crippen LogP) is 0.282. The van der Waals surface area contributed by atoms with Crippen LogP contribution in [0.5, 0.6) is 0 Å². The minimum Gasteiger partial charge on any atom is -0.342 e. The summed E-state index contributed by atoms with van der Waals surface area (Å²) in [5.74, 6) is 0. The Bertz CT molecular complexity index is 462. The fourth-order valence-electron chi connectivity index (χ4n) is 2.48. The van der Waals surface area contributed by atoms with Crippen LogP contribution >= 0.6 is 0 Å². The third kappa shape index (κ3) is 4.12. The monoisotopic (exact) mass is 274 g/mol. The van der Waals surface area contributed by atoms with Gasteiger partial charge in [0.2, 0.25) is 0 Å². The summed E-state index contributed by atoms with van der Waals surface area (Å²) in [7, 11) is -1.28. The van der Waals surface area contributed by atoms with Gasteiger partial charge >= 0.3 is 18.9 Å². The van der Waals surface area contributed by atoms with Crippen molar-refractivity contribution in [1.82, 2.24) is 0 Å². The van der Waals surface area contributed by atoms with E-state index in [4.69, 9.17) is 0 Å². The van der Waals surface area contributed by atoms with Crippen LogP contribution in [0.15, 0.2) is 60.7 Å². The van der Waals surface area contributed by atoms with Gasteiger partial charge < -0.3 is 6.92 Å². The van der Waals surface area contributed by atoms with Gasteiger partial charge in [-0.1, -0.05) is 97.2 Å². The zero-order valence-corrected chi connectivity index (χ0v) is 14.3. The molecule has 2 rings (SSSR count). The van der Waals surface area contributed by atoms with Crippen LogP contribution in [0.4, 0.5) is 0 Å². The third-order valence-corrected chi connectivity index (χ3v) is 7.84. The summed E-state index contributed by atoms with van der Waals surface area (Å²) in [6, 6.07) is 21.9. The summed E-state index contributed by atoms with van der Waals surface area (Å²) < 4.78 is 0. The largest absolute Gasteiger partial charge is 1.00 e. The molecule has 0 N–H and O–H groups in total. The summed E-state index contributed by atoms with van der Waals surface area (Å²) in [6.45, 7) is 11.4. The predicted molar refractivity (Wildman–Crippen MR) is 87.9 cm³/mol. The molecule has 0 aliphatic carbocycles. The molecule has 0 saturated heterocycles. The van der Waals surface area contributed by atoms with Crippen molar-refractivity contribution in [2.45, 2.75) is 26.3 Å². The summed E-state index contributed by atoms with van der Waals surface area (Å²) in [4.78, 5) is 0. The van der Waals surface area contributed by atoms with Crippen LogP contribution in [0.1, 0.15) is 20.8 Å². The Labute approximate surface area is 137 Å². The van der Waals surface area contributed by atoms with Gasteiger partial charge in [-0.05, 0) is 0 Å². The van der Waals surface area contributed by atoms with Crippen molar-refractivity contribution in [1.29, 1.82) is 0 Å². The Morgan fingerprint density at radius 1 is 0.800 bits per heavy atom. The minimum atomic E-state index is -1.28. The van der Waals surface area contributed by atoms with E-state index in [9.17, 15) is 0 Å². The second-order valence-corrected chi connectivity index (χ2v) is 9.36. The Balaban J connectivity index is 0.00000200. The molecule has 0 spiro atoms. The topological polar surface area (TPSA) is 0 Å². The van der Waals surface area contributed by atoms with Gasteiger partial charge in [0, 0.05) is 0 Å². The molecule has 0 heterocycles. The first-order valence-electron chi connectivity index (χ1n) is 6.93. The van der Waals surface area contributed by atoms with Crippen molar-refractivity contribution in [3.63, 3.8) is 0 Å². The normalized spacial score (nSPS) is 12.8. The van der Waals surface area contributed by atoms with Gasteiger partial charge in [-0.2, -0.15) is 5.54 Å². The van der Waals surface area contributed by atoms with Crippen molar-refractivity contribution in [2.75, 3.05) is 0 Å². The van der Waals surface area contributed by atoms with E-state index in [0.717, 1.165) is 0 Å². The average molecular weight is 274 g/mol. The van der Waals surface area contributed by atoms with Crippen molar-refractivity contribution in [2.24, 2.45) is 5.41 Å². The zero-order chi connectivity index (χ0) is 13.9. The maximum absolute atomic E-state index is 4.52. The number of hydrogen-bond donors (Lipinski definition) is 0. The van der Waals surface area contributed by atoms with E-state index >= 15 is 0 Å². The molecule has 1 unspecified atom stereocenters. The summed E-state index contributed by atoms with van der Waals surface area (Å²) in [5, 5.41) is 2.98. The number of hydrogen-bond acceptors (Lipinski definition) is 0. The van der Waals surface area contributed by atoms with Gasteiger partial charge in [-0.25, -0.2) is 0 Å². The van der Waals surface area contributed by atoms with Gasteiger partial charge in [-0.15, -0.1) is 0 Å². The SMILES string of the molecule is [CH2-]C([SiH](c1ccccc1)c1ccccc1)C(C)(C)C.[Li+]. The van der Waals surface area contributed by atoms with E-state index in [1.165, 1.54) is 10.4 Å². The molecule has 100 valence electrons. The van der Waals surface area contributed by atoms with Gasteiger partial charge in [0.25, 0.3) is 0 Å². The van der Waals surface area contributed by atoms with Crippen molar-refractivity contribution in [3.05, 3.63) is 67.6 Å². The molecule has 1 atom stereocenters. The summed E-state index contributed by atoms with van der Waals surface area (Å²) in [5.41, 5.74) is 0.708. The van der Waals surface area contributed by atoms with Gasteiger partial charge in [-0.3, -0.25) is 0 Å². The second kappa shape index (κ2) is 7.32. The van der Waals surface area contributed by atoms with Gasteiger partial charge in [0.05, 0.1) is 8.80 Å². The van der Waals surface area contributed by atoms with E-state index in [0.29, 0.717) is 5.54 Å². The van der Waals surface area contributed by atoms with E-state index in [1.807, 2.05) is 0 Å². The summed E-state index contributed by atoms with van der Waals surface area (Å²) in [6.07, 6.45) is 0. The van der Waals surface area contributed by atoms with Gasteiger partial charge in [0.15, 0.2) is 0 Å². The van der Waals surface area contributed by atoms with Crippen molar-refractivity contribution >= 4 is 19.2 Å². The molecule has 0 nitrogen and oxygen atoms in total. The standard InChI is InChI=1S/C18H23Si.Li/c1-15(18(2,3)4)19(16-11-7-5-8-12-16)17-13-9-6-10-14-17;/h5-15,19H,1H2,2-4H3;/q-1;+1. The van der Waals surface area contributed by atoms with Crippen LogP contribution in [0, 0.1) is 12.3 Å². The molecule has 0 saturated carbocycles. The molecule has 0 fully saturated rings. The first kappa shape index (κ1) is 17.3. The van der Waals surface area contributed by atoms with Gasteiger partial charge in [0.1, 0.15) is 0 Å². The maximum Gasteiger partial charge on any atom is 1.00 e. The zero-order valence-electron chi connectivity index (χ0n) is 13.1. The molecule has 0 radical (unpaired) electrons. The molecule has 2 aromatic rings. The molecule has 2 heteroatoms. The van der Waals surface area contributed by atoms with Crippen LogP contribution < -0.4 is 29.2 Å². The van der Waals surface area contributed by atoms with Crippen LogP contribution in [0.25, 0.3) is 0 Å². The second-order valence-electron chi connectivity index (χ2n) is 6.27. The smallest absolute Gasteiger partial charge is 0.342 e. The quantitative estimate of drug-likeness (QED) is 0.557. The van der Waals surface area contributed by atoms with Crippen LogP contribution in [0.2, 0.25) is 5.54 Å².